The van der Waals surface area contributed by atoms with Crippen molar-refractivity contribution >= 4 is 60.5 Å². The predicted molar refractivity (Wildman–Crippen MR) is 143 cm³/mol. The lowest BCUT2D eigenvalue weighted by molar-refractivity contribution is 0.669. The van der Waals surface area contributed by atoms with E-state index in [-0.39, 0.29) is 0 Å². The molecule has 0 N–H and O–H groups in total. The van der Waals surface area contributed by atoms with Gasteiger partial charge >= 0.3 is 0 Å². The number of furan rings is 1. The molecule has 0 saturated heterocycles. The third kappa shape index (κ3) is 2.96. The Morgan fingerprint density at radius 1 is 0.412 bits per heavy atom. The minimum Gasteiger partial charge on any atom is -0.456 e. The van der Waals surface area contributed by atoms with E-state index in [4.69, 9.17) is 4.42 Å². The molecule has 0 bridgehead atoms. The molecule has 6 aromatic carbocycles. The van der Waals surface area contributed by atoms with E-state index in [0.717, 1.165) is 39.0 Å². The van der Waals surface area contributed by atoms with Crippen LogP contribution in [0.15, 0.2) is 132 Å². The summed E-state index contributed by atoms with van der Waals surface area (Å²) in [5, 5.41) is 7.12. The van der Waals surface area contributed by atoms with Crippen molar-refractivity contribution in [2.75, 3.05) is 4.90 Å². The molecule has 1 heterocycles. The lowest BCUT2D eigenvalue weighted by Crippen LogP contribution is -2.10. The molecule has 7 aromatic rings. The quantitative estimate of drug-likeness (QED) is 0.275. The van der Waals surface area contributed by atoms with Crippen LogP contribution < -0.4 is 4.90 Å². The lowest BCUT2D eigenvalue weighted by Gasteiger charge is -2.26. The zero-order valence-electron chi connectivity index (χ0n) is 18.5. The van der Waals surface area contributed by atoms with Crippen LogP contribution >= 0.6 is 0 Å². The molecule has 1 aromatic heterocycles. The van der Waals surface area contributed by atoms with E-state index in [1.807, 2.05) is 0 Å². The molecule has 0 aliphatic heterocycles. The summed E-state index contributed by atoms with van der Waals surface area (Å²) < 4.78 is 6.26. The Morgan fingerprint density at radius 3 is 1.94 bits per heavy atom. The second-order valence-electron chi connectivity index (χ2n) is 8.65. The van der Waals surface area contributed by atoms with Gasteiger partial charge in [-0.05, 0) is 64.7 Å². The van der Waals surface area contributed by atoms with Crippen molar-refractivity contribution < 1.29 is 4.42 Å². The molecular formula is C32H21NO. The first-order valence-corrected chi connectivity index (χ1v) is 11.5. The van der Waals surface area contributed by atoms with Crippen molar-refractivity contribution in [1.82, 2.24) is 0 Å². The Labute approximate surface area is 197 Å². The minimum absolute atomic E-state index is 0.903. The van der Waals surface area contributed by atoms with Crippen molar-refractivity contribution in [3.63, 3.8) is 0 Å². The number of nitrogens with zero attached hydrogens (tertiary/aromatic N) is 1. The summed E-state index contributed by atoms with van der Waals surface area (Å²) in [4.78, 5) is 2.33. The van der Waals surface area contributed by atoms with E-state index in [9.17, 15) is 0 Å². The number of para-hydroxylation sites is 1. The van der Waals surface area contributed by atoms with Crippen LogP contribution in [0.25, 0.3) is 43.5 Å². The van der Waals surface area contributed by atoms with Gasteiger partial charge in [-0.1, -0.05) is 78.9 Å². The molecule has 0 amide bonds. The summed E-state index contributed by atoms with van der Waals surface area (Å²) in [7, 11) is 0. The van der Waals surface area contributed by atoms with Gasteiger partial charge in [0.15, 0.2) is 0 Å². The number of anilines is 3. The average molecular weight is 436 g/mol. The topological polar surface area (TPSA) is 16.4 Å². The SMILES string of the molecule is c1ccc(N(c2ccc3oc4cc5ccccc5cc4c3c2)c2cccc3ccccc23)cc1. The van der Waals surface area contributed by atoms with Gasteiger partial charge in [0, 0.05) is 27.5 Å². The molecular weight excluding hydrogens is 414 g/mol. The molecule has 0 unspecified atom stereocenters. The first kappa shape index (κ1) is 19.0. The molecule has 7 rings (SSSR count). The maximum Gasteiger partial charge on any atom is 0.136 e. The highest BCUT2D eigenvalue weighted by molar-refractivity contribution is 6.11. The summed E-state index contributed by atoms with van der Waals surface area (Å²) in [5.41, 5.74) is 5.20. The van der Waals surface area contributed by atoms with Crippen LogP contribution in [-0.2, 0) is 0 Å². The van der Waals surface area contributed by atoms with Crippen molar-refractivity contribution in [2.45, 2.75) is 0 Å². The number of benzene rings is 6. The van der Waals surface area contributed by atoms with Gasteiger partial charge in [-0.3, -0.25) is 0 Å². The Balaban J connectivity index is 1.50. The molecule has 0 radical (unpaired) electrons. The Bertz CT molecular complexity index is 1810. The monoisotopic (exact) mass is 435 g/mol. The standard InChI is InChI=1S/C32H21NO/c1-2-13-25(14-3-1)33(30-16-8-12-22-9-6-7-15-27(22)30)26-17-18-31-29(21-26)28-19-23-10-4-5-11-24(23)20-32(28)34-31/h1-21H. The summed E-state index contributed by atoms with van der Waals surface area (Å²) in [6, 6.07) is 44.9. The lowest BCUT2D eigenvalue weighted by atomic mass is 10.0. The smallest absolute Gasteiger partial charge is 0.136 e. The zero-order valence-corrected chi connectivity index (χ0v) is 18.5. The first-order valence-electron chi connectivity index (χ1n) is 11.5. The van der Waals surface area contributed by atoms with Crippen LogP contribution in [-0.4, -0.2) is 0 Å². The largest absolute Gasteiger partial charge is 0.456 e. The van der Waals surface area contributed by atoms with Crippen LogP contribution in [0.4, 0.5) is 17.1 Å². The van der Waals surface area contributed by atoms with Crippen LogP contribution in [0.5, 0.6) is 0 Å². The highest BCUT2D eigenvalue weighted by Crippen LogP contribution is 2.41. The van der Waals surface area contributed by atoms with E-state index in [1.165, 1.54) is 21.5 Å². The number of hydrogen-bond acceptors (Lipinski definition) is 2. The van der Waals surface area contributed by atoms with E-state index in [1.54, 1.807) is 0 Å². The second-order valence-corrected chi connectivity index (χ2v) is 8.65. The summed E-state index contributed by atoms with van der Waals surface area (Å²) >= 11 is 0. The van der Waals surface area contributed by atoms with Gasteiger partial charge in [0.1, 0.15) is 11.2 Å². The molecule has 34 heavy (non-hydrogen) atoms. The Hall–Kier alpha value is -4.56. The van der Waals surface area contributed by atoms with Crippen LogP contribution in [0.1, 0.15) is 0 Å². The van der Waals surface area contributed by atoms with Gasteiger partial charge in [0.05, 0.1) is 5.69 Å². The first-order chi connectivity index (χ1) is 16.8. The van der Waals surface area contributed by atoms with Gasteiger partial charge < -0.3 is 9.32 Å². The van der Waals surface area contributed by atoms with E-state index < -0.39 is 0 Å². The third-order valence-electron chi connectivity index (χ3n) is 6.60. The summed E-state index contributed by atoms with van der Waals surface area (Å²) in [6.07, 6.45) is 0. The fraction of sp³-hybridized carbons (Fsp3) is 0. The molecule has 160 valence electrons. The van der Waals surface area contributed by atoms with E-state index in [0.29, 0.717) is 0 Å². The highest BCUT2D eigenvalue weighted by Gasteiger charge is 2.17. The molecule has 0 fully saturated rings. The van der Waals surface area contributed by atoms with Crippen LogP contribution in [0, 0.1) is 0 Å². The van der Waals surface area contributed by atoms with Gasteiger partial charge in [-0.2, -0.15) is 0 Å². The van der Waals surface area contributed by atoms with Gasteiger partial charge in [-0.15, -0.1) is 0 Å². The summed E-state index contributed by atoms with van der Waals surface area (Å²) in [6.45, 7) is 0. The van der Waals surface area contributed by atoms with Gasteiger partial charge in [-0.25, -0.2) is 0 Å². The number of fused-ring (bicyclic) bond motifs is 5. The van der Waals surface area contributed by atoms with E-state index in [2.05, 4.69) is 132 Å². The fourth-order valence-electron chi connectivity index (χ4n) is 5.00. The molecule has 2 nitrogen and oxygen atoms in total. The normalized spacial score (nSPS) is 11.5. The van der Waals surface area contributed by atoms with Gasteiger partial charge in [0.2, 0.25) is 0 Å². The number of rotatable bonds is 3. The molecule has 0 saturated carbocycles. The average Bonchev–Trinajstić information content (AvgIpc) is 3.25. The molecule has 0 aliphatic carbocycles. The molecule has 0 spiro atoms. The Morgan fingerprint density at radius 2 is 1.09 bits per heavy atom. The molecule has 0 atom stereocenters. The van der Waals surface area contributed by atoms with Crippen LogP contribution in [0.3, 0.4) is 0 Å². The summed E-state index contributed by atoms with van der Waals surface area (Å²) in [5.74, 6) is 0. The molecule has 2 heteroatoms. The third-order valence-corrected chi connectivity index (χ3v) is 6.60. The van der Waals surface area contributed by atoms with Crippen molar-refractivity contribution in [2.24, 2.45) is 0 Å². The maximum atomic E-state index is 6.26. The van der Waals surface area contributed by atoms with Gasteiger partial charge in [0.25, 0.3) is 0 Å². The second kappa shape index (κ2) is 7.50. The van der Waals surface area contributed by atoms with Crippen molar-refractivity contribution in [1.29, 1.82) is 0 Å². The van der Waals surface area contributed by atoms with Crippen molar-refractivity contribution in [3.8, 4) is 0 Å². The highest BCUT2D eigenvalue weighted by atomic mass is 16.3. The maximum absolute atomic E-state index is 6.26. The predicted octanol–water partition coefficient (Wildman–Crippen LogP) is 9.36. The van der Waals surface area contributed by atoms with Crippen LogP contribution in [0.2, 0.25) is 0 Å². The van der Waals surface area contributed by atoms with E-state index >= 15 is 0 Å². The fourth-order valence-corrected chi connectivity index (χ4v) is 5.00. The number of hydrogen-bond donors (Lipinski definition) is 0. The molecule has 0 aliphatic rings. The Kier molecular flexibility index (Phi) is 4.18. The minimum atomic E-state index is 0.903. The van der Waals surface area contributed by atoms with Crippen molar-refractivity contribution in [3.05, 3.63) is 127 Å². The zero-order chi connectivity index (χ0) is 22.5.